The van der Waals surface area contributed by atoms with Crippen LogP contribution in [0, 0.1) is 5.92 Å². The van der Waals surface area contributed by atoms with Crippen molar-refractivity contribution in [3.8, 4) is 0 Å². The summed E-state index contributed by atoms with van der Waals surface area (Å²) < 4.78 is 4.68. The van der Waals surface area contributed by atoms with Gasteiger partial charge in [-0.3, -0.25) is 4.79 Å². The molecular formula is C26H23N3O3S. The number of thioether (sulfide) groups is 1. The fourth-order valence-electron chi connectivity index (χ4n) is 4.55. The Morgan fingerprint density at radius 1 is 1.12 bits per heavy atom. The number of hydrazone groups is 1. The van der Waals surface area contributed by atoms with Crippen molar-refractivity contribution in [2.75, 3.05) is 7.11 Å². The molecule has 1 amide bonds. The van der Waals surface area contributed by atoms with Crippen LogP contribution in [0.4, 0.5) is 0 Å². The molecule has 3 aliphatic rings. The van der Waals surface area contributed by atoms with Crippen molar-refractivity contribution in [2.24, 2.45) is 16.0 Å². The molecule has 1 aliphatic carbocycles. The average Bonchev–Trinajstić information content (AvgIpc) is 3.41. The molecule has 166 valence electrons. The lowest BCUT2D eigenvalue weighted by molar-refractivity contribution is -0.135. The molecule has 0 aromatic heterocycles. The number of fused-ring (bicyclic) bond motifs is 1. The first-order valence-corrected chi connectivity index (χ1v) is 11.7. The highest BCUT2D eigenvalue weighted by molar-refractivity contribution is 8.18. The number of benzene rings is 2. The van der Waals surface area contributed by atoms with E-state index < -0.39 is 11.9 Å². The number of ether oxygens (including phenoxy) is 1. The van der Waals surface area contributed by atoms with E-state index >= 15 is 0 Å². The minimum atomic E-state index is -0.573. The van der Waals surface area contributed by atoms with Gasteiger partial charge in [-0.15, -0.1) is 0 Å². The number of hydrogen-bond acceptors (Lipinski definition) is 6. The van der Waals surface area contributed by atoms with Gasteiger partial charge >= 0.3 is 5.97 Å². The predicted molar refractivity (Wildman–Crippen MR) is 130 cm³/mol. The van der Waals surface area contributed by atoms with E-state index in [1.165, 1.54) is 30.5 Å². The van der Waals surface area contributed by atoms with E-state index in [-0.39, 0.29) is 16.9 Å². The first kappa shape index (κ1) is 21.4. The molecule has 2 aromatic rings. The predicted octanol–water partition coefficient (Wildman–Crippen LogP) is 4.97. The number of methoxy groups -OCH3 is 1. The number of amides is 1. The van der Waals surface area contributed by atoms with Crippen LogP contribution >= 0.6 is 11.8 Å². The zero-order valence-corrected chi connectivity index (χ0v) is 19.0. The van der Waals surface area contributed by atoms with Gasteiger partial charge in [0, 0.05) is 12.0 Å². The Kier molecular flexibility index (Phi) is 5.96. The van der Waals surface area contributed by atoms with E-state index in [4.69, 9.17) is 5.10 Å². The lowest BCUT2D eigenvalue weighted by atomic mass is 9.77. The van der Waals surface area contributed by atoms with Crippen LogP contribution in [-0.4, -0.2) is 34.9 Å². The fourth-order valence-corrected chi connectivity index (χ4v) is 5.42. The third kappa shape index (κ3) is 4.28. The Morgan fingerprint density at radius 2 is 1.85 bits per heavy atom. The summed E-state index contributed by atoms with van der Waals surface area (Å²) in [6.07, 6.45) is 6.46. The van der Waals surface area contributed by atoms with Crippen LogP contribution in [0.15, 0.2) is 87.3 Å². The lowest BCUT2D eigenvalue weighted by Gasteiger charge is -2.30. The minimum absolute atomic E-state index is 0.0581. The summed E-state index contributed by atoms with van der Waals surface area (Å²) in [4.78, 5) is 28.7. The molecule has 1 fully saturated rings. The van der Waals surface area contributed by atoms with Crippen LogP contribution in [0.3, 0.4) is 0 Å². The molecule has 0 radical (unpaired) electrons. The fraction of sp³-hybridized carbons (Fsp3) is 0.231. The summed E-state index contributed by atoms with van der Waals surface area (Å²) in [7, 11) is 1.29. The van der Waals surface area contributed by atoms with Crippen LogP contribution in [0.2, 0.25) is 0 Å². The van der Waals surface area contributed by atoms with Crippen LogP contribution in [-0.2, 0) is 14.3 Å². The highest BCUT2D eigenvalue weighted by atomic mass is 32.2. The normalized spacial score (nSPS) is 24.6. The van der Waals surface area contributed by atoms with Crippen LogP contribution in [0.5, 0.6) is 0 Å². The summed E-state index contributed by atoms with van der Waals surface area (Å²) in [6.45, 7) is 0. The number of esters is 1. The number of carbonyl (C=O) groups excluding carboxylic acids is 2. The molecule has 2 aromatic carbocycles. The molecule has 0 saturated heterocycles. The third-order valence-electron chi connectivity index (χ3n) is 6.04. The van der Waals surface area contributed by atoms with Crippen LogP contribution in [0.25, 0.3) is 6.08 Å². The summed E-state index contributed by atoms with van der Waals surface area (Å²) in [5.74, 6) is -0.818. The number of aliphatic imine (C=N–C) groups is 1. The van der Waals surface area contributed by atoms with Crippen molar-refractivity contribution in [1.29, 1.82) is 0 Å². The van der Waals surface area contributed by atoms with E-state index in [1.54, 1.807) is 0 Å². The van der Waals surface area contributed by atoms with Gasteiger partial charge in [-0.2, -0.15) is 10.1 Å². The van der Waals surface area contributed by atoms with Crippen molar-refractivity contribution >= 4 is 40.6 Å². The lowest BCUT2D eigenvalue weighted by Crippen LogP contribution is -2.30. The molecule has 6 nitrogen and oxygen atoms in total. The van der Waals surface area contributed by atoms with Gasteiger partial charge < -0.3 is 4.74 Å². The monoisotopic (exact) mass is 457 g/mol. The molecule has 2 atom stereocenters. The largest absolute Gasteiger partial charge is 0.466 e. The molecule has 0 spiro atoms. The van der Waals surface area contributed by atoms with Gasteiger partial charge in [-0.05, 0) is 53.8 Å². The van der Waals surface area contributed by atoms with E-state index in [1.807, 2.05) is 41.4 Å². The van der Waals surface area contributed by atoms with Crippen molar-refractivity contribution in [3.05, 3.63) is 88.3 Å². The number of allylic oxidation sites excluding steroid dienone is 1. The Labute approximate surface area is 196 Å². The van der Waals surface area contributed by atoms with E-state index in [0.717, 1.165) is 36.1 Å². The molecule has 5 rings (SSSR count). The Morgan fingerprint density at radius 3 is 2.58 bits per heavy atom. The number of amidine groups is 1. The van der Waals surface area contributed by atoms with Gasteiger partial charge in [0.25, 0.3) is 5.91 Å². The highest BCUT2D eigenvalue weighted by Gasteiger charge is 2.44. The molecule has 2 aliphatic heterocycles. The van der Waals surface area contributed by atoms with Gasteiger partial charge in [-0.1, -0.05) is 60.7 Å². The van der Waals surface area contributed by atoms with Crippen molar-refractivity contribution in [2.45, 2.75) is 25.3 Å². The Hall–Kier alpha value is -3.45. The quantitative estimate of drug-likeness (QED) is 0.481. The number of nitrogens with zero attached hydrogens (tertiary/aromatic N) is 3. The molecule has 33 heavy (non-hydrogen) atoms. The van der Waals surface area contributed by atoms with Gasteiger partial charge in [-0.25, -0.2) is 9.80 Å². The second-order valence-electron chi connectivity index (χ2n) is 8.10. The maximum atomic E-state index is 12.5. The first-order valence-electron chi connectivity index (χ1n) is 10.9. The van der Waals surface area contributed by atoms with Gasteiger partial charge in [0.1, 0.15) is 0 Å². The van der Waals surface area contributed by atoms with Gasteiger partial charge in [0.15, 0.2) is 5.17 Å². The maximum Gasteiger partial charge on any atom is 0.331 e. The molecule has 0 bridgehead atoms. The smallest absolute Gasteiger partial charge is 0.331 e. The molecule has 2 heterocycles. The number of hydrogen-bond donors (Lipinski definition) is 0. The second kappa shape index (κ2) is 9.19. The average molecular weight is 458 g/mol. The van der Waals surface area contributed by atoms with Crippen molar-refractivity contribution < 1.29 is 14.3 Å². The van der Waals surface area contributed by atoms with E-state index in [0.29, 0.717) is 5.17 Å². The molecule has 1 saturated carbocycles. The standard InChI is InChI=1S/C26H23N3O3S/c1-32-22(30)16-21-25(31)27-26(33-21)29-24(18-11-6-3-7-12-18)20-14-8-13-19(23(20)28-29)15-17-9-4-2-5-10-17/h2-7,9-12,15-16,20,24H,8,13-14H2,1H3. The highest BCUT2D eigenvalue weighted by Crippen LogP contribution is 2.46. The summed E-state index contributed by atoms with van der Waals surface area (Å²) in [5, 5.41) is 7.40. The van der Waals surface area contributed by atoms with E-state index in [2.05, 4.69) is 40.1 Å². The first-order chi connectivity index (χ1) is 16.1. The topological polar surface area (TPSA) is 71.3 Å². The number of rotatable bonds is 3. The van der Waals surface area contributed by atoms with Crippen molar-refractivity contribution in [1.82, 2.24) is 5.01 Å². The second-order valence-corrected chi connectivity index (χ2v) is 9.11. The summed E-state index contributed by atoms with van der Waals surface area (Å²) >= 11 is 1.17. The third-order valence-corrected chi connectivity index (χ3v) is 7.01. The Balaban J connectivity index is 1.54. The molecule has 0 N–H and O–H groups in total. The molecular weight excluding hydrogens is 434 g/mol. The van der Waals surface area contributed by atoms with E-state index in [9.17, 15) is 9.59 Å². The van der Waals surface area contributed by atoms with Crippen molar-refractivity contribution in [3.63, 3.8) is 0 Å². The summed E-state index contributed by atoms with van der Waals surface area (Å²) in [5.41, 5.74) is 4.56. The minimum Gasteiger partial charge on any atom is -0.466 e. The van der Waals surface area contributed by atoms with Gasteiger partial charge in [0.05, 0.1) is 23.8 Å². The van der Waals surface area contributed by atoms with Crippen LogP contribution < -0.4 is 0 Å². The zero-order valence-electron chi connectivity index (χ0n) is 18.2. The molecule has 2 unspecified atom stereocenters. The Bertz CT molecular complexity index is 1200. The van der Waals surface area contributed by atoms with Gasteiger partial charge in [0.2, 0.25) is 0 Å². The van der Waals surface area contributed by atoms with Crippen LogP contribution in [0.1, 0.15) is 36.4 Å². The molecule has 7 heteroatoms. The SMILES string of the molecule is COC(=O)C=C1SC(N2N=C3C(=Cc4ccccc4)CCCC3C2c2ccccc2)=NC1=O. The maximum absolute atomic E-state index is 12.5. The zero-order chi connectivity index (χ0) is 22.8. The summed E-state index contributed by atoms with van der Waals surface area (Å²) in [6, 6.07) is 20.4. The number of carbonyl (C=O) groups is 2.